The van der Waals surface area contributed by atoms with Crippen LogP contribution in [0.1, 0.15) is 17.4 Å². The summed E-state index contributed by atoms with van der Waals surface area (Å²) in [5.74, 6) is 2.06. The van der Waals surface area contributed by atoms with Crippen LogP contribution >= 0.6 is 11.3 Å². The summed E-state index contributed by atoms with van der Waals surface area (Å²) in [5, 5.41) is 5.20. The minimum absolute atomic E-state index is 0.105. The largest absolute Gasteiger partial charge is 0.464 e. The Labute approximate surface area is 86.3 Å². The van der Waals surface area contributed by atoms with Gasteiger partial charge in [0.05, 0.1) is 13.2 Å². The number of rotatable bonds is 3. The predicted molar refractivity (Wildman–Crippen MR) is 55.4 cm³/mol. The quantitative estimate of drug-likeness (QED) is 0.604. The zero-order valence-electron chi connectivity index (χ0n) is 7.90. The van der Waals surface area contributed by atoms with E-state index in [1.54, 1.807) is 5.38 Å². The Hall–Kier alpha value is -1.54. The highest BCUT2D eigenvalue weighted by Crippen LogP contribution is 2.16. The zero-order chi connectivity index (χ0) is 10.6. The maximum absolute atomic E-state index is 11.0. The number of anilines is 1. The molecule has 1 N–H and O–H groups in total. The number of terminal acetylenes is 1. The smallest absolute Gasteiger partial charge is 0.357 e. The van der Waals surface area contributed by atoms with E-state index in [9.17, 15) is 4.79 Å². The first-order valence-corrected chi connectivity index (χ1v) is 4.82. The molecule has 0 spiro atoms. The van der Waals surface area contributed by atoms with Gasteiger partial charge < -0.3 is 10.1 Å². The molecule has 0 saturated heterocycles. The summed E-state index contributed by atoms with van der Waals surface area (Å²) in [6.07, 6.45) is 5.19. The lowest BCUT2D eigenvalue weighted by Crippen LogP contribution is -2.12. The minimum atomic E-state index is -0.442. The number of esters is 1. The number of ether oxygens (including phenoxy) is 1. The molecular weight excluding hydrogens is 200 g/mol. The normalized spacial score (nSPS) is 11.5. The van der Waals surface area contributed by atoms with Crippen molar-refractivity contribution < 1.29 is 9.53 Å². The van der Waals surface area contributed by atoms with Crippen LogP contribution in [-0.4, -0.2) is 24.1 Å². The summed E-state index contributed by atoms with van der Waals surface area (Å²) < 4.78 is 4.52. The Morgan fingerprint density at radius 1 is 1.86 bits per heavy atom. The van der Waals surface area contributed by atoms with Crippen molar-refractivity contribution in [3.05, 3.63) is 11.1 Å². The second kappa shape index (κ2) is 4.63. The SMILES string of the molecule is C#CC(C)Nc1nc(C(=O)OC)cs1. The third kappa shape index (κ3) is 2.47. The molecule has 1 aromatic heterocycles. The molecule has 1 unspecified atom stereocenters. The van der Waals surface area contributed by atoms with Crippen LogP contribution in [-0.2, 0) is 4.74 Å². The molecule has 0 radical (unpaired) electrons. The maximum atomic E-state index is 11.0. The summed E-state index contributed by atoms with van der Waals surface area (Å²) in [5.41, 5.74) is 0.296. The zero-order valence-corrected chi connectivity index (χ0v) is 8.72. The molecular formula is C9H10N2O2S. The number of aromatic nitrogens is 1. The van der Waals surface area contributed by atoms with Crippen molar-refractivity contribution in [1.29, 1.82) is 0 Å². The van der Waals surface area contributed by atoms with Gasteiger partial charge in [0.1, 0.15) is 0 Å². The Balaban J connectivity index is 2.69. The van der Waals surface area contributed by atoms with Crippen molar-refractivity contribution in [2.75, 3.05) is 12.4 Å². The van der Waals surface area contributed by atoms with E-state index in [2.05, 4.69) is 21.0 Å². The fourth-order valence-corrected chi connectivity index (χ4v) is 1.53. The molecule has 1 atom stereocenters. The Morgan fingerprint density at radius 3 is 3.14 bits per heavy atom. The van der Waals surface area contributed by atoms with Gasteiger partial charge in [0.15, 0.2) is 10.8 Å². The van der Waals surface area contributed by atoms with Crippen LogP contribution in [0, 0.1) is 12.3 Å². The minimum Gasteiger partial charge on any atom is -0.464 e. The summed E-state index contributed by atoms with van der Waals surface area (Å²) in [6, 6.07) is -0.105. The van der Waals surface area contributed by atoms with Crippen molar-refractivity contribution in [2.45, 2.75) is 13.0 Å². The van der Waals surface area contributed by atoms with Gasteiger partial charge in [-0.05, 0) is 6.92 Å². The summed E-state index contributed by atoms with van der Waals surface area (Å²) >= 11 is 1.32. The molecule has 1 heterocycles. The molecule has 0 aliphatic rings. The van der Waals surface area contributed by atoms with Crippen molar-refractivity contribution in [2.24, 2.45) is 0 Å². The third-order valence-electron chi connectivity index (χ3n) is 1.49. The first-order valence-electron chi connectivity index (χ1n) is 3.94. The maximum Gasteiger partial charge on any atom is 0.357 e. The highest BCUT2D eigenvalue weighted by atomic mass is 32.1. The number of nitrogens with zero attached hydrogens (tertiary/aromatic N) is 1. The van der Waals surface area contributed by atoms with Crippen LogP contribution < -0.4 is 5.32 Å². The van der Waals surface area contributed by atoms with Crippen molar-refractivity contribution in [3.8, 4) is 12.3 Å². The lowest BCUT2D eigenvalue weighted by atomic mass is 10.4. The van der Waals surface area contributed by atoms with E-state index in [-0.39, 0.29) is 6.04 Å². The van der Waals surface area contributed by atoms with E-state index in [1.807, 2.05) is 6.92 Å². The second-order valence-corrected chi connectivity index (χ2v) is 3.42. The van der Waals surface area contributed by atoms with Crippen LogP contribution in [0.5, 0.6) is 0 Å². The van der Waals surface area contributed by atoms with E-state index in [0.29, 0.717) is 10.8 Å². The first kappa shape index (κ1) is 10.5. The topological polar surface area (TPSA) is 51.2 Å². The molecule has 0 bridgehead atoms. The number of nitrogens with one attached hydrogen (secondary N) is 1. The summed E-state index contributed by atoms with van der Waals surface area (Å²) in [7, 11) is 1.32. The van der Waals surface area contributed by atoms with Crippen molar-refractivity contribution >= 4 is 22.4 Å². The summed E-state index contributed by atoms with van der Waals surface area (Å²) in [4.78, 5) is 15.0. The Kier molecular flexibility index (Phi) is 3.48. The van der Waals surface area contributed by atoms with Crippen LogP contribution in [0.3, 0.4) is 0 Å². The molecule has 74 valence electrons. The van der Waals surface area contributed by atoms with Gasteiger partial charge in [-0.15, -0.1) is 17.8 Å². The number of carbonyl (C=O) groups is 1. The molecule has 0 aliphatic carbocycles. The van der Waals surface area contributed by atoms with E-state index in [4.69, 9.17) is 6.42 Å². The van der Waals surface area contributed by atoms with E-state index < -0.39 is 5.97 Å². The van der Waals surface area contributed by atoms with Crippen LogP contribution in [0.4, 0.5) is 5.13 Å². The van der Waals surface area contributed by atoms with E-state index >= 15 is 0 Å². The first-order chi connectivity index (χ1) is 6.67. The number of hydrogen-bond acceptors (Lipinski definition) is 5. The standard InChI is InChI=1S/C9H10N2O2S/c1-4-6(2)10-9-11-7(5-14-9)8(12)13-3/h1,5-6H,2-3H3,(H,10,11). The molecule has 0 saturated carbocycles. The third-order valence-corrected chi connectivity index (χ3v) is 2.26. The van der Waals surface area contributed by atoms with Gasteiger partial charge in [0.2, 0.25) is 0 Å². The Morgan fingerprint density at radius 2 is 2.57 bits per heavy atom. The van der Waals surface area contributed by atoms with Gasteiger partial charge >= 0.3 is 5.97 Å². The lowest BCUT2D eigenvalue weighted by molar-refractivity contribution is 0.0595. The van der Waals surface area contributed by atoms with Gasteiger partial charge in [-0.25, -0.2) is 9.78 Å². The van der Waals surface area contributed by atoms with Crippen LogP contribution in [0.2, 0.25) is 0 Å². The van der Waals surface area contributed by atoms with Gasteiger partial charge in [-0.3, -0.25) is 0 Å². The van der Waals surface area contributed by atoms with E-state index in [0.717, 1.165) is 0 Å². The monoisotopic (exact) mass is 210 g/mol. The van der Waals surface area contributed by atoms with Gasteiger partial charge in [-0.2, -0.15) is 0 Å². The number of thiazole rings is 1. The van der Waals surface area contributed by atoms with Gasteiger partial charge in [0, 0.05) is 5.38 Å². The van der Waals surface area contributed by atoms with Crippen molar-refractivity contribution in [3.63, 3.8) is 0 Å². The molecule has 1 aromatic rings. The highest BCUT2D eigenvalue weighted by molar-refractivity contribution is 7.13. The molecule has 5 heteroatoms. The molecule has 14 heavy (non-hydrogen) atoms. The predicted octanol–water partition coefficient (Wildman–Crippen LogP) is 1.36. The Bertz CT molecular complexity index is 367. The molecule has 0 amide bonds. The van der Waals surface area contributed by atoms with Gasteiger partial charge in [0.25, 0.3) is 0 Å². The number of hydrogen-bond donors (Lipinski definition) is 1. The second-order valence-electron chi connectivity index (χ2n) is 2.56. The lowest BCUT2D eigenvalue weighted by Gasteiger charge is -2.03. The van der Waals surface area contributed by atoms with E-state index in [1.165, 1.54) is 18.4 Å². The fourth-order valence-electron chi connectivity index (χ4n) is 0.765. The highest BCUT2D eigenvalue weighted by Gasteiger charge is 2.10. The van der Waals surface area contributed by atoms with Crippen LogP contribution in [0.15, 0.2) is 5.38 Å². The number of carbonyl (C=O) groups excluding carboxylic acids is 1. The summed E-state index contributed by atoms with van der Waals surface area (Å²) in [6.45, 7) is 1.83. The molecule has 0 fully saturated rings. The fraction of sp³-hybridized carbons (Fsp3) is 0.333. The average Bonchev–Trinajstić information content (AvgIpc) is 2.65. The molecule has 0 aromatic carbocycles. The average molecular weight is 210 g/mol. The molecule has 4 nitrogen and oxygen atoms in total. The molecule has 1 rings (SSSR count). The van der Waals surface area contributed by atoms with Gasteiger partial charge in [-0.1, -0.05) is 5.92 Å². The number of methoxy groups -OCH3 is 1. The van der Waals surface area contributed by atoms with Crippen LogP contribution in [0.25, 0.3) is 0 Å². The molecule has 0 aliphatic heterocycles. The van der Waals surface area contributed by atoms with Crippen molar-refractivity contribution in [1.82, 2.24) is 4.98 Å².